The van der Waals surface area contributed by atoms with Gasteiger partial charge in [-0.05, 0) is 12.0 Å². The highest BCUT2D eigenvalue weighted by molar-refractivity contribution is 7.88. The van der Waals surface area contributed by atoms with Gasteiger partial charge in [0.2, 0.25) is 10.0 Å². The van der Waals surface area contributed by atoms with Crippen molar-refractivity contribution in [2.75, 3.05) is 27.0 Å². The van der Waals surface area contributed by atoms with Gasteiger partial charge in [0.1, 0.15) is 12.6 Å². The summed E-state index contributed by atoms with van der Waals surface area (Å²) in [6.45, 7) is 0.0191. The van der Waals surface area contributed by atoms with Crippen molar-refractivity contribution in [2.45, 2.75) is 19.1 Å². The lowest BCUT2D eigenvalue weighted by atomic mass is 10.2. The molecule has 0 heterocycles. The number of carbonyl (C=O) groups is 2. The highest BCUT2D eigenvalue weighted by atomic mass is 32.2. The van der Waals surface area contributed by atoms with Crippen molar-refractivity contribution in [3.8, 4) is 0 Å². The van der Waals surface area contributed by atoms with Crippen molar-refractivity contribution in [1.29, 1.82) is 0 Å². The van der Waals surface area contributed by atoms with Crippen LogP contribution >= 0.6 is 0 Å². The predicted molar refractivity (Wildman–Crippen MR) is 88.7 cm³/mol. The fraction of sp³-hybridized carbons (Fsp3) is 0.467. The molecule has 0 radical (unpaired) electrons. The summed E-state index contributed by atoms with van der Waals surface area (Å²) in [6.07, 6.45) is -1.04. The first kappa shape index (κ1) is 20.9. The maximum absolute atomic E-state index is 11.9. The van der Waals surface area contributed by atoms with E-state index in [-0.39, 0.29) is 13.0 Å². The number of nitrogens with one attached hydrogen (secondary N) is 1. The maximum Gasteiger partial charge on any atom is 0.408 e. The quantitative estimate of drug-likeness (QED) is 0.499. The van der Waals surface area contributed by atoms with Gasteiger partial charge in [-0.15, -0.1) is 0 Å². The van der Waals surface area contributed by atoms with Gasteiger partial charge < -0.3 is 14.8 Å². The van der Waals surface area contributed by atoms with Crippen molar-refractivity contribution in [1.82, 2.24) is 9.79 Å². The number of methoxy groups -OCH3 is 1. The zero-order chi connectivity index (χ0) is 18.9. The van der Waals surface area contributed by atoms with E-state index in [1.165, 1.54) is 14.2 Å². The van der Waals surface area contributed by atoms with Gasteiger partial charge in [0.05, 0.1) is 20.0 Å². The molecular weight excluding hydrogens is 352 g/mol. The van der Waals surface area contributed by atoms with E-state index in [4.69, 9.17) is 4.74 Å². The second-order valence-corrected chi connectivity index (χ2v) is 7.07. The number of benzene rings is 1. The third-order valence-electron chi connectivity index (χ3n) is 3.30. The smallest absolute Gasteiger partial charge is 0.408 e. The molecule has 9 nitrogen and oxygen atoms in total. The molecule has 1 rings (SSSR count). The zero-order valence-electron chi connectivity index (χ0n) is 14.3. The Hall–Kier alpha value is -2.17. The van der Waals surface area contributed by atoms with Gasteiger partial charge >= 0.3 is 12.1 Å². The lowest BCUT2D eigenvalue weighted by Crippen LogP contribution is -2.43. The van der Waals surface area contributed by atoms with E-state index < -0.39 is 33.9 Å². The SMILES string of the molecule is COC(=O)[C@H](CCS(=O)(=O)N(C)OC)NC(=O)OCc1ccccc1. The topological polar surface area (TPSA) is 111 Å². The van der Waals surface area contributed by atoms with Gasteiger partial charge in [-0.1, -0.05) is 34.8 Å². The molecular formula is C15H22N2O7S. The Balaban J connectivity index is 2.60. The van der Waals surface area contributed by atoms with Crippen LogP contribution in [0.15, 0.2) is 30.3 Å². The molecule has 0 fully saturated rings. The van der Waals surface area contributed by atoms with Gasteiger partial charge in [-0.25, -0.2) is 18.0 Å². The van der Waals surface area contributed by atoms with Gasteiger partial charge in [0, 0.05) is 7.05 Å². The molecule has 0 spiro atoms. The monoisotopic (exact) mass is 374 g/mol. The Morgan fingerprint density at radius 1 is 1.20 bits per heavy atom. The summed E-state index contributed by atoms with van der Waals surface area (Å²) < 4.78 is 34.0. The number of nitrogens with zero attached hydrogens (tertiary/aromatic N) is 1. The van der Waals surface area contributed by atoms with Crippen LogP contribution < -0.4 is 5.32 Å². The number of hydroxylamine groups is 1. The molecule has 140 valence electrons. The summed E-state index contributed by atoms with van der Waals surface area (Å²) in [5.41, 5.74) is 0.775. The molecule has 0 aliphatic heterocycles. The number of amides is 1. The molecule has 1 amide bonds. The number of alkyl carbamates (subject to hydrolysis) is 1. The summed E-state index contributed by atoms with van der Waals surface area (Å²) in [6, 6.07) is 7.81. The Labute approximate surface area is 146 Å². The molecule has 0 aromatic heterocycles. The Kier molecular flexibility index (Phi) is 8.32. The van der Waals surface area contributed by atoms with Crippen LogP contribution in [0.3, 0.4) is 0 Å². The standard InChI is InChI=1S/C15H22N2O7S/c1-17(23-3)25(20,21)10-9-13(14(18)22-2)16-15(19)24-11-12-7-5-4-6-8-12/h4-8,13H,9-11H2,1-3H3,(H,16,19)/t13-/m0/s1. The first-order valence-electron chi connectivity index (χ1n) is 7.36. The number of hydrogen-bond donors (Lipinski definition) is 1. The Morgan fingerprint density at radius 2 is 1.84 bits per heavy atom. The van der Waals surface area contributed by atoms with Crippen LogP contribution in [0.2, 0.25) is 0 Å². The van der Waals surface area contributed by atoms with Crippen LogP contribution in [0.1, 0.15) is 12.0 Å². The molecule has 25 heavy (non-hydrogen) atoms. The summed E-state index contributed by atoms with van der Waals surface area (Å²) >= 11 is 0. The third kappa shape index (κ3) is 7.08. The maximum atomic E-state index is 11.9. The lowest BCUT2D eigenvalue weighted by Gasteiger charge is -2.18. The number of carbonyl (C=O) groups excluding carboxylic acids is 2. The first-order valence-corrected chi connectivity index (χ1v) is 8.97. The average Bonchev–Trinajstić information content (AvgIpc) is 2.62. The van der Waals surface area contributed by atoms with E-state index in [9.17, 15) is 18.0 Å². The molecule has 1 aromatic carbocycles. The van der Waals surface area contributed by atoms with Crippen molar-refractivity contribution in [3.63, 3.8) is 0 Å². The van der Waals surface area contributed by atoms with E-state index in [0.29, 0.717) is 4.47 Å². The van der Waals surface area contributed by atoms with Crippen LogP contribution in [-0.4, -0.2) is 58.0 Å². The van der Waals surface area contributed by atoms with Crippen LogP contribution in [0.25, 0.3) is 0 Å². The molecule has 0 saturated carbocycles. The van der Waals surface area contributed by atoms with Crippen LogP contribution in [-0.2, 0) is 35.7 Å². The summed E-state index contributed by atoms with van der Waals surface area (Å²) in [4.78, 5) is 28.2. The summed E-state index contributed by atoms with van der Waals surface area (Å²) in [5.74, 6) is -1.19. The van der Waals surface area contributed by atoms with Crippen molar-refractivity contribution in [3.05, 3.63) is 35.9 Å². The van der Waals surface area contributed by atoms with Gasteiger partial charge in [-0.3, -0.25) is 4.84 Å². The van der Waals surface area contributed by atoms with Crippen LogP contribution in [0.5, 0.6) is 0 Å². The third-order valence-corrected chi connectivity index (χ3v) is 4.99. The van der Waals surface area contributed by atoms with E-state index in [1.54, 1.807) is 24.3 Å². The normalized spacial score (nSPS) is 12.5. The molecule has 10 heteroatoms. The average molecular weight is 374 g/mol. The summed E-state index contributed by atoms with van der Waals surface area (Å²) in [7, 11) is -0.157. The molecule has 1 atom stereocenters. The van der Waals surface area contributed by atoms with E-state index in [1.807, 2.05) is 6.07 Å². The minimum atomic E-state index is -3.73. The molecule has 0 unspecified atom stereocenters. The minimum Gasteiger partial charge on any atom is -0.467 e. The molecule has 0 aliphatic rings. The largest absolute Gasteiger partial charge is 0.467 e. The van der Waals surface area contributed by atoms with E-state index >= 15 is 0 Å². The van der Waals surface area contributed by atoms with Crippen molar-refractivity contribution in [2.24, 2.45) is 0 Å². The van der Waals surface area contributed by atoms with Gasteiger partial charge in [-0.2, -0.15) is 0 Å². The molecule has 1 N–H and O–H groups in total. The van der Waals surface area contributed by atoms with Crippen molar-refractivity contribution < 1.29 is 32.3 Å². The second kappa shape index (κ2) is 9.97. The van der Waals surface area contributed by atoms with E-state index in [0.717, 1.165) is 12.7 Å². The molecule has 0 aliphatic carbocycles. The fourth-order valence-electron chi connectivity index (χ4n) is 1.81. The second-order valence-electron chi connectivity index (χ2n) is 4.98. The van der Waals surface area contributed by atoms with Crippen LogP contribution in [0.4, 0.5) is 4.79 Å². The number of esters is 1. The molecule has 1 aromatic rings. The highest BCUT2D eigenvalue weighted by Gasteiger charge is 2.26. The Morgan fingerprint density at radius 3 is 2.40 bits per heavy atom. The van der Waals surface area contributed by atoms with Crippen LogP contribution in [0, 0.1) is 0 Å². The number of ether oxygens (including phenoxy) is 2. The predicted octanol–water partition coefficient (Wildman–Crippen LogP) is 0.668. The lowest BCUT2D eigenvalue weighted by molar-refractivity contribution is -0.143. The van der Waals surface area contributed by atoms with Crippen molar-refractivity contribution >= 4 is 22.1 Å². The fourth-order valence-corrected chi connectivity index (χ4v) is 2.82. The number of rotatable bonds is 9. The minimum absolute atomic E-state index is 0.0191. The number of hydrogen-bond acceptors (Lipinski definition) is 7. The highest BCUT2D eigenvalue weighted by Crippen LogP contribution is 2.06. The Bertz CT molecular complexity index is 664. The van der Waals surface area contributed by atoms with Gasteiger partial charge in [0.15, 0.2) is 0 Å². The first-order chi connectivity index (χ1) is 11.8. The van der Waals surface area contributed by atoms with Gasteiger partial charge in [0.25, 0.3) is 0 Å². The zero-order valence-corrected chi connectivity index (χ0v) is 15.1. The van der Waals surface area contributed by atoms with E-state index in [2.05, 4.69) is 14.9 Å². The summed E-state index contributed by atoms with van der Waals surface area (Å²) in [5, 5.41) is 2.31. The molecule has 0 bridgehead atoms. The number of sulfonamides is 1. The molecule has 0 saturated heterocycles.